The van der Waals surface area contributed by atoms with Crippen molar-refractivity contribution in [3.8, 4) is 0 Å². The molecule has 7 atom stereocenters. The van der Waals surface area contributed by atoms with Crippen LogP contribution in [0.1, 0.15) is 78.1 Å². The van der Waals surface area contributed by atoms with Crippen LogP contribution in [0.5, 0.6) is 0 Å². The fraction of sp³-hybridized carbons (Fsp3) is 1.00. The van der Waals surface area contributed by atoms with E-state index in [-0.39, 0.29) is 29.6 Å². The topological polar surface area (TPSA) is 69.9 Å². The molecule has 2 aliphatic carbocycles. The molecule has 134 valence electrons. The number of rotatable bonds is 5. The summed E-state index contributed by atoms with van der Waals surface area (Å²) >= 11 is 0. The molecule has 0 amide bonds. The predicted molar refractivity (Wildman–Crippen MR) is 88.8 cm³/mol. The van der Waals surface area contributed by atoms with Gasteiger partial charge in [0.1, 0.15) is 0 Å². The van der Waals surface area contributed by atoms with Crippen LogP contribution in [0.2, 0.25) is 0 Å². The first-order valence-corrected chi connectivity index (χ1v) is 9.67. The Hall–Kier alpha value is -0.160. The maximum Gasteiger partial charge on any atom is 0.168 e. The first-order chi connectivity index (χ1) is 10.9. The summed E-state index contributed by atoms with van der Waals surface area (Å²) in [5.74, 6) is -0.401. The molecule has 0 aromatic heterocycles. The zero-order chi connectivity index (χ0) is 16.7. The molecule has 0 radical (unpaired) electrons. The number of hydrogen-bond donors (Lipinski definition) is 3. The van der Waals surface area contributed by atoms with Gasteiger partial charge in [0.25, 0.3) is 0 Å². The minimum atomic E-state index is -0.985. The van der Waals surface area contributed by atoms with Crippen LogP contribution in [0.15, 0.2) is 0 Å². The van der Waals surface area contributed by atoms with Crippen molar-refractivity contribution in [2.75, 3.05) is 0 Å². The van der Waals surface area contributed by atoms with Crippen LogP contribution >= 0.6 is 0 Å². The Balaban J connectivity index is 1.66. The minimum absolute atomic E-state index is 0.0133. The van der Waals surface area contributed by atoms with Crippen molar-refractivity contribution in [1.29, 1.82) is 0 Å². The molecule has 0 spiro atoms. The van der Waals surface area contributed by atoms with Crippen LogP contribution in [0, 0.1) is 17.3 Å². The van der Waals surface area contributed by atoms with Crippen molar-refractivity contribution >= 4 is 0 Å². The Labute approximate surface area is 140 Å². The number of hydrogen-bond acceptors (Lipinski definition) is 4. The van der Waals surface area contributed by atoms with E-state index in [1.54, 1.807) is 0 Å². The first kappa shape index (κ1) is 17.7. The molecule has 4 heteroatoms. The van der Waals surface area contributed by atoms with E-state index in [1.807, 2.05) is 6.92 Å². The molecular formula is C19H34O4. The van der Waals surface area contributed by atoms with Crippen molar-refractivity contribution in [3.05, 3.63) is 0 Å². The van der Waals surface area contributed by atoms with E-state index in [9.17, 15) is 15.3 Å². The van der Waals surface area contributed by atoms with Crippen LogP contribution < -0.4 is 0 Å². The molecular weight excluding hydrogens is 292 g/mol. The van der Waals surface area contributed by atoms with Crippen LogP contribution in [0.25, 0.3) is 0 Å². The smallest absolute Gasteiger partial charge is 0.168 e. The van der Waals surface area contributed by atoms with Gasteiger partial charge in [-0.05, 0) is 76.0 Å². The molecule has 3 aliphatic rings. The SMILES string of the molecule is CCC12CCC3(O)OC(CCCC(C)O)CCC3C1CCC2O. The van der Waals surface area contributed by atoms with E-state index in [2.05, 4.69) is 6.92 Å². The average Bonchev–Trinajstić information content (AvgIpc) is 2.83. The molecule has 1 aliphatic heterocycles. The van der Waals surface area contributed by atoms with Gasteiger partial charge in [0.2, 0.25) is 0 Å². The monoisotopic (exact) mass is 326 g/mol. The summed E-state index contributed by atoms with van der Waals surface area (Å²) in [4.78, 5) is 0. The lowest BCUT2D eigenvalue weighted by molar-refractivity contribution is -0.321. The van der Waals surface area contributed by atoms with E-state index in [0.717, 1.165) is 57.8 Å². The summed E-state index contributed by atoms with van der Waals surface area (Å²) in [6, 6.07) is 0. The van der Waals surface area contributed by atoms with E-state index in [4.69, 9.17) is 4.74 Å². The third kappa shape index (κ3) is 3.08. The summed E-state index contributed by atoms with van der Waals surface area (Å²) in [5, 5.41) is 31.1. The zero-order valence-corrected chi connectivity index (χ0v) is 14.7. The zero-order valence-electron chi connectivity index (χ0n) is 14.7. The van der Waals surface area contributed by atoms with Gasteiger partial charge in [0.15, 0.2) is 5.79 Å². The fourth-order valence-electron chi connectivity index (χ4n) is 5.83. The molecule has 2 saturated carbocycles. The Morgan fingerprint density at radius 1 is 1.13 bits per heavy atom. The second-order valence-corrected chi connectivity index (χ2v) is 8.33. The molecule has 0 aromatic carbocycles. The van der Waals surface area contributed by atoms with Crippen molar-refractivity contribution in [1.82, 2.24) is 0 Å². The van der Waals surface area contributed by atoms with Gasteiger partial charge in [-0.15, -0.1) is 0 Å². The number of aliphatic hydroxyl groups is 3. The Bertz CT molecular complexity index is 412. The third-order valence-electron chi connectivity index (χ3n) is 7.14. The van der Waals surface area contributed by atoms with E-state index in [1.165, 1.54) is 0 Å². The van der Waals surface area contributed by atoms with Gasteiger partial charge in [-0.25, -0.2) is 0 Å². The van der Waals surface area contributed by atoms with Gasteiger partial charge in [0, 0.05) is 12.3 Å². The molecule has 0 aromatic rings. The van der Waals surface area contributed by atoms with Gasteiger partial charge in [-0.3, -0.25) is 0 Å². The highest BCUT2D eigenvalue weighted by Gasteiger charge is 2.61. The van der Waals surface area contributed by atoms with Gasteiger partial charge in [-0.2, -0.15) is 0 Å². The summed E-state index contributed by atoms with van der Waals surface area (Å²) in [7, 11) is 0. The maximum absolute atomic E-state index is 11.2. The van der Waals surface area contributed by atoms with Gasteiger partial charge in [0.05, 0.1) is 18.3 Å². The summed E-state index contributed by atoms with van der Waals surface area (Å²) in [6.07, 6.45) is 8.79. The standard InChI is InChI=1S/C19H34O4/c1-3-18-11-12-19(22)16(15(18)9-10-17(18)21)8-7-14(23-19)6-4-5-13(2)20/h13-17,20-22H,3-12H2,1-2H3. The largest absolute Gasteiger partial charge is 0.393 e. The molecule has 7 unspecified atom stereocenters. The Morgan fingerprint density at radius 2 is 1.87 bits per heavy atom. The number of aliphatic hydroxyl groups excluding tert-OH is 2. The van der Waals surface area contributed by atoms with Gasteiger partial charge in [-0.1, -0.05) is 6.92 Å². The van der Waals surface area contributed by atoms with Gasteiger partial charge < -0.3 is 20.1 Å². The van der Waals surface area contributed by atoms with Crippen LogP contribution in [0.4, 0.5) is 0 Å². The molecule has 4 nitrogen and oxygen atoms in total. The summed E-state index contributed by atoms with van der Waals surface area (Å²) < 4.78 is 6.18. The highest BCUT2D eigenvalue weighted by Crippen LogP contribution is 2.61. The van der Waals surface area contributed by atoms with Crippen molar-refractivity contribution in [2.45, 2.75) is 102 Å². The Kier molecular flexibility index (Phi) is 5.09. The highest BCUT2D eigenvalue weighted by atomic mass is 16.6. The number of fused-ring (bicyclic) bond motifs is 3. The lowest BCUT2D eigenvalue weighted by Gasteiger charge is -2.55. The molecule has 0 bridgehead atoms. The second kappa shape index (κ2) is 6.62. The normalized spacial score (nSPS) is 47.9. The predicted octanol–water partition coefficient (Wildman–Crippen LogP) is 2.98. The molecule has 3 rings (SSSR count). The quantitative estimate of drug-likeness (QED) is 0.726. The fourth-order valence-corrected chi connectivity index (χ4v) is 5.83. The molecule has 1 heterocycles. The van der Waals surface area contributed by atoms with Crippen LogP contribution in [0.3, 0.4) is 0 Å². The van der Waals surface area contributed by atoms with E-state index < -0.39 is 5.79 Å². The third-order valence-corrected chi connectivity index (χ3v) is 7.14. The lowest BCUT2D eigenvalue weighted by Crippen LogP contribution is -2.58. The minimum Gasteiger partial charge on any atom is -0.393 e. The lowest BCUT2D eigenvalue weighted by atomic mass is 9.57. The van der Waals surface area contributed by atoms with E-state index in [0.29, 0.717) is 12.3 Å². The van der Waals surface area contributed by atoms with Crippen LogP contribution in [-0.2, 0) is 4.74 Å². The second-order valence-electron chi connectivity index (χ2n) is 8.33. The average molecular weight is 326 g/mol. The summed E-state index contributed by atoms with van der Waals surface area (Å²) in [5.41, 5.74) is 0.0133. The first-order valence-electron chi connectivity index (χ1n) is 9.67. The summed E-state index contributed by atoms with van der Waals surface area (Å²) in [6.45, 7) is 4.01. The van der Waals surface area contributed by atoms with Crippen LogP contribution in [-0.4, -0.2) is 39.4 Å². The van der Waals surface area contributed by atoms with E-state index >= 15 is 0 Å². The maximum atomic E-state index is 11.2. The molecule has 3 N–H and O–H groups in total. The van der Waals surface area contributed by atoms with Crippen molar-refractivity contribution in [3.63, 3.8) is 0 Å². The molecule has 3 fully saturated rings. The molecule has 1 saturated heterocycles. The van der Waals surface area contributed by atoms with Crippen molar-refractivity contribution in [2.24, 2.45) is 17.3 Å². The van der Waals surface area contributed by atoms with Crippen molar-refractivity contribution < 1.29 is 20.1 Å². The number of ether oxygens (including phenoxy) is 1. The Morgan fingerprint density at radius 3 is 2.57 bits per heavy atom. The highest BCUT2D eigenvalue weighted by molar-refractivity contribution is 5.07. The van der Waals surface area contributed by atoms with Gasteiger partial charge >= 0.3 is 0 Å². The molecule has 23 heavy (non-hydrogen) atoms.